The van der Waals surface area contributed by atoms with Crippen LogP contribution in [0, 0.1) is 12.7 Å². The molecule has 0 fully saturated rings. The van der Waals surface area contributed by atoms with E-state index in [0.717, 1.165) is 0 Å². The lowest BCUT2D eigenvalue weighted by Gasteiger charge is -2.25. The summed E-state index contributed by atoms with van der Waals surface area (Å²) < 4.78 is 50.3. The fraction of sp³-hybridized carbons (Fsp3) is 0.233. The number of halogens is 3. The van der Waals surface area contributed by atoms with Crippen molar-refractivity contribution in [1.82, 2.24) is 14.5 Å². The number of alkyl halides is 2. The average molecular weight is 580 g/mol. The van der Waals surface area contributed by atoms with E-state index < -0.39 is 59.5 Å². The molecule has 42 heavy (non-hydrogen) atoms. The molecule has 0 saturated heterocycles. The lowest BCUT2D eigenvalue weighted by molar-refractivity contribution is -0.0359. The van der Waals surface area contributed by atoms with E-state index in [1.54, 1.807) is 0 Å². The van der Waals surface area contributed by atoms with Crippen molar-refractivity contribution in [2.24, 2.45) is 0 Å². The number of hydrogen-bond donors (Lipinski definition) is 1. The van der Waals surface area contributed by atoms with E-state index in [1.807, 2.05) is 0 Å². The van der Waals surface area contributed by atoms with Crippen LogP contribution in [0.3, 0.4) is 0 Å². The molecule has 1 aliphatic heterocycles. The summed E-state index contributed by atoms with van der Waals surface area (Å²) in [5.74, 6) is -8.15. The third kappa shape index (κ3) is 5.00. The molecule has 12 heteroatoms. The van der Waals surface area contributed by atoms with Gasteiger partial charge in [-0.15, -0.1) is 0 Å². The third-order valence-electron chi connectivity index (χ3n) is 7.05. The number of aromatic hydroxyl groups is 1. The van der Waals surface area contributed by atoms with E-state index in [-0.39, 0.29) is 35.2 Å². The van der Waals surface area contributed by atoms with Crippen LogP contribution in [-0.4, -0.2) is 56.4 Å². The number of carbonyl (C=O) groups is 3. The fourth-order valence-corrected chi connectivity index (χ4v) is 5.02. The van der Waals surface area contributed by atoms with Gasteiger partial charge in [-0.25, -0.2) is 18.0 Å². The van der Waals surface area contributed by atoms with Crippen molar-refractivity contribution in [3.05, 3.63) is 104 Å². The van der Waals surface area contributed by atoms with Crippen molar-refractivity contribution in [3.63, 3.8) is 0 Å². The molecule has 4 aromatic rings. The number of pyridine rings is 2. The molecule has 2 aromatic heterocycles. The van der Waals surface area contributed by atoms with Gasteiger partial charge in [-0.3, -0.25) is 28.8 Å². The number of benzene rings is 2. The molecule has 5 rings (SSSR count). The number of nitrogens with zero attached hydrogens (tertiary/aromatic N) is 3. The summed E-state index contributed by atoms with van der Waals surface area (Å²) in [6.07, 6.45) is 1.55. The van der Waals surface area contributed by atoms with Crippen LogP contribution < -0.4 is 5.56 Å². The first-order valence-corrected chi connectivity index (χ1v) is 12.9. The van der Waals surface area contributed by atoms with E-state index in [9.17, 15) is 28.7 Å². The molecule has 9 nitrogen and oxygen atoms in total. The van der Waals surface area contributed by atoms with Crippen LogP contribution in [-0.2, 0) is 17.7 Å². The topological polar surface area (TPSA) is 119 Å². The smallest absolute Gasteiger partial charge is 0.347 e. The summed E-state index contributed by atoms with van der Waals surface area (Å²) >= 11 is 0. The number of rotatable bonds is 8. The minimum Gasteiger partial charge on any atom is -0.505 e. The van der Waals surface area contributed by atoms with Crippen LogP contribution in [0.15, 0.2) is 59.5 Å². The zero-order valence-electron chi connectivity index (χ0n) is 22.5. The number of esters is 1. The van der Waals surface area contributed by atoms with Gasteiger partial charge in [0, 0.05) is 6.20 Å². The molecular formula is C30H24F3N3O6. The lowest BCUT2D eigenvalue weighted by atomic mass is 10.00. The zero-order chi connectivity index (χ0) is 30.3. The number of aromatic nitrogens is 2. The van der Waals surface area contributed by atoms with E-state index in [2.05, 4.69) is 4.98 Å². The molecule has 0 saturated carbocycles. The van der Waals surface area contributed by atoms with E-state index in [4.69, 9.17) is 4.74 Å². The van der Waals surface area contributed by atoms with Gasteiger partial charge < -0.3 is 9.84 Å². The molecule has 1 aliphatic rings. The van der Waals surface area contributed by atoms with Gasteiger partial charge in [0.1, 0.15) is 11.3 Å². The van der Waals surface area contributed by atoms with Gasteiger partial charge in [-0.1, -0.05) is 24.3 Å². The maximum absolute atomic E-state index is 15.7. The summed E-state index contributed by atoms with van der Waals surface area (Å²) in [7, 11) is 0. The Balaban J connectivity index is 1.61. The molecule has 0 aliphatic carbocycles. The van der Waals surface area contributed by atoms with Gasteiger partial charge in [-0.2, -0.15) is 0 Å². The van der Waals surface area contributed by atoms with Crippen molar-refractivity contribution in [3.8, 4) is 5.75 Å². The summed E-state index contributed by atoms with van der Waals surface area (Å²) in [5.41, 5.74) is -1.19. The normalized spacial score (nSPS) is 13.1. The van der Waals surface area contributed by atoms with Crippen molar-refractivity contribution in [2.45, 2.75) is 32.7 Å². The third-order valence-corrected chi connectivity index (χ3v) is 7.05. The maximum atomic E-state index is 15.7. The van der Waals surface area contributed by atoms with Crippen LogP contribution in [0.4, 0.5) is 13.2 Å². The van der Waals surface area contributed by atoms with Crippen LogP contribution in [0.1, 0.15) is 54.7 Å². The number of fused-ring (bicyclic) bond motifs is 2. The zero-order valence-corrected chi connectivity index (χ0v) is 22.5. The summed E-state index contributed by atoms with van der Waals surface area (Å²) in [4.78, 5) is 56.3. The molecule has 1 N–H and O–H groups in total. The second-order valence-electron chi connectivity index (χ2n) is 9.84. The SMILES string of the molecule is CCOC(=O)c1c(O)c2ncc(Cc3ccc(F)cc3)c(C)c2n(CC(F)(F)CN2C(=O)c3ccccc3C2=O)c1=O. The van der Waals surface area contributed by atoms with Crippen molar-refractivity contribution in [1.29, 1.82) is 0 Å². The van der Waals surface area contributed by atoms with E-state index >= 15 is 8.78 Å². The minimum absolute atomic E-state index is 0.0133. The monoisotopic (exact) mass is 579 g/mol. The molecule has 216 valence electrons. The largest absolute Gasteiger partial charge is 0.505 e. The number of hydrogen-bond acceptors (Lipinski definition) is 7. The molecule has 0 radical (unpaired) electrons. The molecular weight excluding hydrogens is 555 g/mol. The maximum Gasteiger partial charge on any atom is 0.347 e. The van der Waals surface area contributed by atoms with Crippen molar-refractivity contribution < 1.29 is 37.4 Å². The van der Waals surface area contributed by atoms with Crippen molar-refractivity contribution >= 4 is 28.8 Å². The molecule has 0 unspecified atom stereocenters. The Morgan fingerprint density at radius 2 is 1.62 bits per heavy atom. The summed E-state index contributed by atoms with van der Waals surface area (Å²) in [5, 5.41) is 10.9. The number of carbonyl (C=O) groups excluding carboxylic acids is 3. The molecule has 3 heterocycles. The fourth-order valence-electron chi connectivity index (χ4n) is 5.02. The summed E-state index contributed by atoms with van der Waals surface area (Å²) in [6.45, 7) is 0.143. The second-order valence-corrected chi connectivity index (χ2v) is 9.84. The van der Waals surface area contributed by atoms with E-state index in [1.165, 1.54) is 68.6 Å². The highest BCUT2D eigenvalue weighted by atomic mass is 19.3. The first-order valence-electron chi connectivity index (χ1n) is 12.9. The molecule has 0 atom stereocenters. The molecule has 0 bridgehead atoms. The van der Waals surface area contributed by atoms with E-state index in [0.29, 0.717) is 26.2 Å². The van der Waals surface area contributed by atoms with Crippen molar-refractivity contribution in [2.75, 3.05) is 13.2 Å². The Kier molecular flexibility index (Phi) is 7.31. The lowest BCUT2D eigenvalue weighted by Crippen LogP contribution is -2.44. The highest BCUT2D eigenvalue weighted by Gasteiger charge is 2.43. The highest BCUT2D eigenvalue weighted by molar-refractivity contribution is 6.21. The highest BCUT2D eigenvalue weighted by Crippen LogP contribution is 2.32. The van der Waals surface area contributed by atoms with Gasteiger partial charge in [0.05, 0.1) is 36.3 Å². The predicted octanol–water partition coefficient (Wildman–Crippen LogP) is 4.25. The van der Waals surface area contributed by atoms with Crippen LogP contribution in [0.25, 0.3) is 11.0 Å². The van der Waals surface area contributed by atoms with Crippen LogP contribution in [0.2, 0.25) is 0 Å². The quantitative estimate of drug-likeness (QED) is 0.245. The van der Waals surface area contributed by atoms with Gasteiger partial charge >= 0.3 is 5.97 Å². The number of imide groups is 1. The average Bonchev–Trinajstić information content (AvgIpc) is 3.18. The van der Waals surface area contributed by atoms with Gasteiger partial charge in [0.25, 0.3) is 23.3 Å². The van der Waals surface area contributed by atoms with Gasteiger partial charge in [0.2, 0.25) is 0 Å². The molecule has 0 spiro atoms. The second kappa shape index (κ2) is 10.8. The van der Waals surface area contributed by atoms with Gasteiger partial charge in [-0.05, 0) is 61.2 Å². The minimum atomic E-state index is -3.85. The standard InChI is InChI=1S/C30H24F3N3O6/c1-3-42-29(41)22-25(37)23-24(16(2)18(13-34-23)12-17-8-10-19(31)11-9-17)35(28(22)40)14-30(32,33)15-36-26(38)20-6-4-5-7-21(20)27(36)39/h4-11,13,37H,3,12,14-15H2,1-2H3. The Bertz CT molecular complexity index is 1780. The first-order chi connectivity index (χ1) is 19.9. The van der Waals surface area contributed by atoms with Crippen LogP contribution in [0.5, 0.6) is 5.75 Å². The number of amides is 2. The Morgan fingerprint density at radius 1 is 1.00 bits per heavy atom. The number of ether oxygens (including phenoxy) is 1. The van der Waals surface area contributed by atoms with Crippen LogP contribution >= 0.6 is 0 Å². The number of aryl methyl sites for hydroxylation is 1. The molecule has 2 aromatic carbocycles. The Morgan fingerprint density at radius 3 is 2.21 bits per heavy atom. The Labute approximate surface area is 236 Å². The predicted molar refractivity (Wildman–Crippen MR) is 144 cm³/mol. The summed E-state index contributed by atoms with van der Waals surface area (Å²) in [6, 6.07) is 11.3. The molecule has 2 amide bonds. The Hall–Kier alpha value is -5.00. The first kappa shape index (κ1) is 28.5. The van der Waals surface area contributed by atoms with Gasteiger partial charge in [0.15, 0.2) is 11.3 Å².